The van der Waals surface area contributed by atoms with E-state index < -0.39 is 5.97 Å². The number of carbonyl (C=O) groups excluding carboxylic acids is 2. The van der Waals surface area contributed by atoms with Crippen LogP contribution >= 0.6 is 0 Å². The Hall–Kier alpha value is -3.86. The molecule has 0 aliphatic rings. The maximum atomic E-state index is 12.9. The van der Waals surface area contributed by atoms with E-state index in [4.69, 9.17) is 13.9 Å². The largest absolute Gasteiger partial charge is 0.489 e. The highest BCUT2D eigenvalue weighted by Gasteiger charge is 2.23. The highest BCUT2D eigenvalue weighted by Crippen LogP contribution is 2.28. The van der Waals surface area contributed by atoms with Gasteiger partial charge in [0.1, 0.15) is 23.7 Å². The van der Waals surface area contributed by atoms with Crippen molar-refractivity contribution in [1.29, 1.82) is 0 Å². The van der Waals surface area contributed by atoms with Gasteiger partial charge < -0.3 is 13.9 Å². The topological polar surface area (TPSA) is 65.7 Å². The molecule has 0 saturated heterocycles. The minimum atomic E-state index is -0.618. The van der Waals surface area contributed by atoms with Gasteiger partial charge in [-0.05, 0) is 42.5 Å². The molecule has 3 aromatic carbocycles. The summed E-state index contributed by atoms with van der Waals surface area (Å²) in [5, 5.41) is 0.796. The van der Waals surface area contributed by atoms with Gasteiger partial charge in [0, 0.05) is 17.4 Å². The maximum absolute atomic E-state index is 12.9. The van der Waals surface area contributed by atoms with Crippen LogP contribution in [0.2, 0.25) is 0 Å². The van der Waals surface area contributed by atoms with Gasteiger partial charge >= 0.3 is 5.97 Å². The van der Waals surface area contributed by atoms with E-state index >= 15 is 0 Å². The van der Waals surface area contributed by atoms with Crippen molar-refractivity contribution in [2.75, 3.05) is 0 Å². The monoisotopic (exact) mass is 400 g/mol. The summed E-state index contributed by atoms with van der Waals surface area (Å²) in [6.45, 7) is 1.96. The standard InChI is InChI=1S/C25H20O5/c1-2-22(26)17-12-14-19(15-13-17)29-25(27)24-21(16-28-18-8-4-3-5-9-18)20-10-6-7-11-23(20)30-24/h3-15H,2,16H2,1H3. The first kappa shape index (κ1) is 19.5. The average Bonchev–Trinajstić information content (AvgIpc) is 3.17. The first-order valence-electron chi connectivity index (χ1n) is 9.69. The fraction of sp³-hybridized carbons (Fsp3) is 0.120. The number of rotatable bonds is 7. The van der Waals surface area contributed by atoms with Gasteiger partial charge in [-0.25, -0.2) is 4.79 Å². The lowest BCUT2D eigenvalue weighted by atomic mass is 10.1. The summed E-state index contributed by atoms with van der Waals surface area (Å²) < 4.78 is 17.1. The van der Waals surface area contributed by atoms with Crippen LogP contribution in [0.25, 0.3) is 11.0 Å². The van der Waals surface area contributed by atoms with Crippen molar-refractivity contribution in [3.05, 3.63) is 95.7 Å². The van der Waals surface area contributed by atoms with Gasteiger partial charge in [-0.1, -0.05) is 43.3 Å². The number of hydrogen-bond acceptors (Lipinski definition) is 5. The van der Waals surface area contributed by atoms with E-state index in [1.807, 2.05) is 48.5 Å². The van der Waals surface area contributed by atoms with Crippen LogP contribution in [-0.4, -0.2) is 11.8 Å². The average molecular weight is 400 g/mol. The van der Waals surface area contributed by atoms with Crippen LogP contribution in [0.4, 0.5) is 0 Å². The number of benzene rings is 3. The van der Waals surface area contributed by atoms with Crippen molar-refractivity contribution >= 4 is 22.7 Å². The summed E-state index contributed by atoms with van der Waals surface area (Å²) in [6, 6.07) is 23.2. The van der Waals surface area contributed by atoms with Gasteiger partial charge in [0.25, 0.3) is 0 Å². The van der Waals surface area contributed by atoms with Gasteiger partial charge in [-0.3, -0.25) is 4.79 Å². The van der Waals surface area contributed by atoms with Crippen molar-refractivity contribution in [3.8, 4) is 11.5 Å². The van der Waals surface area contributed by atoms with Crippen molar-refractivity contribution in [2.45, 2.75) is 20.0 Å². The lowest BCUT2D eigenvalue weighted by Gasteiger charge is -2.07. The molecule has 4 rings (SSSR count). The van der Waals surface area contributed by atoms with E-state index in [0.29, 0.717) is 34.6 Å². The molecule has 0 atom stereocenters. The SMILES string of the molecule is CCC(=O)c1ccc(OC(=O)c2oc3ccccc3c2COc2ccccc2)cc1. The Morgan fingerprint density at radius 1 is 0.833 bits per heavy atom. The molecule has 150 valence electrons. The Labute approximate surface area is 173 Å². The molecule has 0 radical (unpaired) electrons. The number of para-hydroxylation sites is 2. The molecule has 0 N–H and O–H groups in total. The number of furan rings is 1. The van der Waals surface area contributed by atoms with Crippen LogP contribution < -0.4 is 9.47 Å². The molecule has 0 unspecified atom stereocenters. The zero-order valence-corrected chi connectivity index (χ0v) is 16.5. The summed E-state index contributed by atoms with van der Waals surface area (Å²) in [5.74, 6) is 0.542. The van der Waals surface area contributed by atoms with Gasteiger partial charge in [-0.15, -0.1) is 0 Å². The third kappa shape index (κ3) is 4.10. The summed E-state index contributed by atoms with van der Waals surface area (Å²) in [7, 11) is 0. The second-order valence-corrected chi connectivity index (χ2v) is 6.70. The zero-order chi connectivity index (χ0) is 20.9. The molecule has 0 aliphatic heterocycles. The molecular formula is C25H20O5. The minimum Gasteiger partial charge on any atom is -0.489 e. The van der Waals surface area contributed by atoms with E-state index in [9.17, 15) is 9.59 Å². The normalized spacial score (nSPS) is 10.7. The number of fused-ring (bicyclic) bond motifs is 1. The van der Waals surface area contributed by atoms with E-state index in [1.165, 1.54) is 0 Å². The second kappa shape index (κ2) is 8.66. The predicted octanol–water partition coefficient (Wildman–Crippen LogP) is 5.82. The van der Waals surface area contributed by atoms with Crippen molar-refractivity contribution in [2.24, 2.45) is 0 Å². The highest BCUT2D eigenvalue weighted by molar-refractivity contribution is 5.97. The Bertz CT molecular complexity index is 1170. The third-order valence-corrected chi connectivity index (χ3v) is 4.72. The second-order valence-electron chi connectivity index (χ2n) is 6.70. The third-order valence-electron chi connectivity index (χ3n) is 4.72. The van der Waals surface area contributed by atoms with E-state index in [1.54, 1.807) is 37.3 Å². The molecule has 4 aromatic rings. The van der Waals surface area contributed by atoms with Crippen LogP contribution in [0.15, 0.2) is 83.3 Å². The highest BCUT2D eigenvalue weighted by atomic mass is 16.5. The molecule has 0 fully saturated rings. The van der Waals surface area contributed by atoms with E-state index in [0.717, 1.165) is 5.39 Å². The smallest absolute Gasteiger partial charge is 0.380 e. The number of carbonyl (C=O) groups is 2. The number of ketones is 1. The van der Waals surface area contributed by atoms with Crippen molar-refractivity contribution in [1.82, 2.24) is 0 Å². The summed E-state index contributed by atoms with van der Waals surface area (Å²) in [6.07, 6.45) is 0.420. The van der Waals surface area contributed by atoms with Crippen LogP contribution in [0, 0.1) is 0 Å². The Morgan fingerprint density at radius 2 is 1.53 bits per heavy atom. The fourth-order valence-electron chi connectivity index (χ4n) is 3.15. The molecule has 0 aliphatic carbocycles. The molecule has 0 spiro atoms. The van der Waals surface area contributed by atoms with Gasteiger partial charge in [0.2, 0.25) is 5.76 Å². The quantitative estimate of drug-likeness (QED) is 0.222. The van der Waals surface area contributed by atoms with Crippen LogP contribution in [-0.2, 0) is 6.61 Å². The zero-order valence-electron chi connectivity index (χ0n) is 16.5. The Morgan fingerprint density at radius 3 is 2.27 bits per heavy atom. The van der Waals surface area contributed by atoms with Gasteiger partial charge in [-0.2, -0.15) is 0 Å². The summed E-state index contributed by atoms with van der Waals surface area (Å²) in [4.78, 5) is 24.6. The molecular weight excluding hydrogens is 380 g/mol. The molecule has 0 amide bonds. The number of hydrogen-bond donors (Lipinski definition) is 0. The first-order valence-corrected chi connectivity index (χ1v) is 9.69. The summed E-state index contributed by atoms with van der Waals surface area (Å²) in [5.41, 5.74) is 1.79. The molecule has 5 nitrogen and oxygen atoms in total. The Balaban J connectivity index is 1.59. The van der Waals surface area contributed by atoms with Crippen LogP contribution in [0.5, 0.6) is 11.5 Å². The molecule has 1 aromatic heterocycles. The van der Waals surface area contributed by atoms with Crippen molar-refractivity contribution in [3.63, 3.8) is 0 Å². The van der Waals surface area contributed by atoms with Crippen LogP contribution in [0.1, 0.15) is 39.8 Å². The minimum absolute atomic E-state index is 0.0329. The first-order chi connectivity index (χ1) is 14.7. The Kier molecular flexibility index (Phi) is 5.61. The fourth-order valence-corrected chi connectivity index (χ4v) is 3.15. The van der Waals surface area contributed by atoms with E-state index in [-0.39, 0.29) is 18.2 Å². The van der Waals surface area contributed by atoms with Crippen molar-refractivity contribution < 1.29 is 23.5 Å². The molecule has 1 heterocycles. The predicted molar refractivity (Wildman–Crippen MR) is 113 cm³/mol. The van der Waals surface area contributed by atoms with Gasteiger partial charge in [0.15, 0.2) is 5.78 Å². The number of esters is 1. The lowest BCUT2D eigenvalue weighted by Crippen LogP contribution is -2.11. The molecule has 0 saturated carbocycles. The van der Waals surface area contributed by atoms with Crippen LogP contribution in [0.3, 0.4) is 0 Å². The molecule has 30 heavy (non-hydrogen) atoms. The van der Waals surface area contributed by atoms with Gasteiger partial charge in [0.05, 0.1) is 5.56 Å². The summed E-state index contributed by atoms with van der Waals surface area (Å²) >= 11 is 0. The molecule has 0 bridgehead atoms. The maximum Gasteiger partial charge on any atom is 0.380 e. The lowest BCUT2D eigenvalue weighted by molar-refractivity contribution is 0.0700. The van der Waals surface area contributed by atoms with E-state index in [2.05, 4.69) is 0 Å². The number of ether oxygens (including phenoxy) is 2. The number of Topliss-reactive ketones (excluding diaryl/α,β-unsaturated/α-hetero) is 1. The molecule has 5 heteroatoms.